The summed E-state index contributed by atoms with van der Waals surface area (Å²) in [4.78, 5) is 19.0. The Bertz CT molecular complexity index is 589. The van der Waals surface area contributed by atoms with Gasteiger partial charge in [-0.05, 0) is 11.6 Å². The predicted octanol–water partition coefficient (Wildman–Crippen LogP) is 1.19. The molecule has 1 aromatic rings. The quantitative estimate of drug-likeness (QED) is 0.824. The van der Waals surface area contributed by atoms with Crippen LogP contribution in [0.5, 0.6) is 0 Å². The van der Waals surface area contributed by atoms with Gasteiger partial charge in [-0.3, -0.25) is 4.79 Å². The Kier molecular flexibility index (Phi) is 2.79. The van der Waals surface area contributed by atoms with Crippen LogP contribution < -0.4 is 5.32 Å². The van der Waals surface area contributed by atoms with E-state index in [1.54, 1.807) is 0 Å². The van der Waals surface area contributed by atoms with Crippen LogP contribution >= 0.6 is 0 Å². The normalized spacial score (nSPS) is 17.4. The van der Waals surface area contributed by atoms with E-state index in [0.717, 1.165) is 17.2 Å². The molecule has 0 atom stereocenters. The Morgan fingerprint density at radius 1 is 1.32 bits per heavy atom. The van der Waals surface area contributed by atoms with Gasteiger partial charge in [0.1, 0.15) is 5.82 Å². The van der Waals surface area contributed by atoms with Crippen LogP contribution in [0.3, 0.4) is 0 Å². The number of fused-ring (bicyclic) bond motifs is 1. The zero-order valence-corrected chi connectivity index (χ0v) is 10.6. The van der Waals surface area contributed by atoms with Crippen LogP contribution in [0.25, 0.3) is 5.70 Å². The number of nitrogens with zero attached hydrogens (tertiary/aromatic N) is 3. The zero-order valence-electron chi connectivity index (χ0n) is 10.6. The van der Waals surface area contributed by atoms with Crippen molar-refractivity contribution >= 4 is 18.1 Å². The number of carbonyl (C=O) groups is 1. The van der Waals surface area contributed by atoms with Crippen molar-refractivity contribution in [3.63, 3.8) is 0 Å². The Labute approximate surface area is 111 Å². The number of hydrogen-bond acceptors (Lipinski definition) is 4. The fourth-order valence-corrected chi connectivity index (χ4v) is 2.23. The SMILES string of the molecule is CN1C(c2ccccc2)=CN2CC=C(NC=O)N=C21. The van der Waals surface area contributed by atoms with Crippen molar-refractivity contribution in [2.24, 2.45) is 4.99 Å². The second kappa shape index (κ2) is 4.61. The summed E-state index contributed by atoms with van der Waals surface area (Å²) in [6, 6.07) is 10.2. The van der Waals surface area contributed by atoms with Gasteiger partial charge in [-0.15, -0.1) is 0 Å². The molecule has 0 aliphatic carbocycles. The molecule has 2 heterocycles. The molecule has 0 spiro atoms. The molecule has 1 N–H and O–H groups in total. The highest BCUT2D eigenvalue weighted by atomic mass is 16.1. The highest BCUT2D eigenvalue weighted by molar-refractivity contribution is 5.96. The molecule has 3 rings (SSSR count). The minimum absolute atomic E-state index is 0.593. The molecule has 1 amide bonds. The summed E-state index contributed by atoms with van der Waals surface area (Å²) in [6.07, 6.45) is 4.60. The maximum absolute atomic E-state index is 10.5. The first-order valence-corrected chi connectivity index (χ1v) is 6.06. The summed E-state index contributed by atoms with van der Waals surface area (Å²) < 4.78 is 0. The van der Waals surface area contributed by atoms with Crippen molar-refractivity contribution in [3.8, 4) is 0 Å². The molecule has 2 aliphatic rings. The highest BCUT2D eigenvalue weighted by Crippen LogP contribution is 2.27. The summed E-state index contributed by atoms with van der Waals surface area (Å²) in [6.45, 7) is 0.704. The van der Waals surface area contributed by atoms with Gasteiger partial charge in [0.2, 0.25) is 12.4 Å². The third-order valence-electron chi connectivity index (χ3n) is 3.17. The average molecular weight is 254 g/mol. The lowest BCUT2D eigenvalue weighted by Gasteiger charge is -2.24. The summed E-state index contributed by atoms with van der Waals surface area (Å²) in [5, 5.41) is 2.59. The Balaban J connectivity index is 1.90. The lowest BCUT2D eigenvalue weighted by molar-refractivity contribution is -0.108. The number of guanidine groups is 1. The van der Waals surface area contributed by atoms with Gasteiger partial charge >= 0.3 is 0 Å². The van der Waals surface area contributed by atoms with E-state index in [9.17, 15) is 4.79 Å². The molecule has 0 unspecified atom stereocenters. The number of amides is 1. The van der Waals surface area contributed by atoms with Gasteiger partial charge in [0.05, 0.1) is 5.70 Å². The van der Waals surface area contributed by atoms with Crippen LogP contribution in [-0.2, 0) is 4.79 Å². The van der Waals surface area contributed by atoms with Crippen molar-refractivity contribution in [1.29, 1.82) is 0 Å². The third-order valence-corrected chi connectivity index (χ3v) is 3.17. The fourth-order valence-electron chi connectivity index (χ4n) is 2.23. The third kappa shape index (κ3) is 1.99. The molecule has 0 saturated carbocycles. The van der Waals surface area contributed by atoms with Gasteiger partial charge < -0.3 is 15.1 Å². The molecule has 5 nitrogen and oxygen atoms in total. The van der Waals surface area contributed by atoms with Crippen LogP contribution in [0.4, 0.5) is 0 Å². The minimum atomic E-state index is 0.593. The van der Waals surface area contributed by atoms with Gasteiger partial charge in [-0.1, -0.05) is 30.3 Å². The van der Waals surface area contributed by atoms with E-state index < -0.39 is 0 Å². The molecule has 0 aromatic heterocycles. The number of nitrogens with one attached hydrogen (secondary N) is 1. The van der Waals surface area contributed by atoms with Gasteiger partial charge in [0, 0.05) is 19.8 Å². The first-order valence-electron chi connectivity index (χ1n) is 6.06. The Morgan fingerprint density at radius 2 is 2.11 bits per heavy atom. The summed E-state index contributed by atoms with van der Waals surface area (Å²) in [5.41, 5.74) is 2.24. The van der Waals surface area contributed by atoms with E-state index in [2.05, 4.69) is 33.5 Å². The largest absolute Gasteiger partial charge is 0.313 e. The first kappa shape index (κ1) is 11.5. The van der Waals surface area contributed by atoms with E-state index in [-0.39, 0.29) is 0 Å². The fraction of sp³-hybridized carbons (Fsp3) is 0.143. The number of hydrogen-bond donors (Lipinski definition) is 1. The Morgan fingerprint density at radius 3 is 2.84 bits per heavy atom. The molecule has 0 fully saturated rings. The maximum Gasteiger partial charge on any atom is 0.212 e. The zero-order chi connectivity index (χ0) is 13.2. The Hall–Kier alpha value is -2.56. The van der Waals surface area contributed by atoms with Crippen molar-refractivity contribution < 1.29 is 4.79 Å². The molecule has 19 heavy (non-hydrogen) atoms. The lowest BCUT2D eigenvalue weighted by atomic mass is 10.1. The highest BCUT2D eigenvalue weighted by Gasteiger charge is 2.28. The molecule has 2 aliphatic heterocycles. The molecule has 0 bridgehead atoms. The molecule has 96 valence electrons. The van der Waals surface area contributed by atoms with Crippen LogP contribution in [0.2, 0.25) is 0 Å². The van der Waals surface area contributed by atoms with E-state index in [1.807, 2.05) is 36.2 Å². The molecular weight excluding hydrogens is 240 g/mol. The molecule has 5 heteroatoms. The van der Waals surface area contributed by atoms with Gasteiger partial charge in [-0.2, -0.15) is 4.99 Å². The van der Waals surface area contributed by atoms with Crippen LogP contribution in [0.1, 0.15) is 5.56 Å². The van der Waals surface area contributed by atoms with Gasteiger partial charge in [-0.25, -0.2) is 0 Å². The topological polar surface area (TPSA) is 47.9 Å². The monoisotopic (exact) mass is 254 g/mol. The minimum Gasteiger partial charge on any atom is -0.313 e. The summed E-state index contributed by atoms with van der Waals surface area (Å²) >= 11 is 0. The van der Waals surface area contributed by atoms with Gasteiger partial charge in [0.25, 0.3) is 0 Å². The first-order chi connectivity index (χ1) is 9.29. The summed E-state index contributed by atoms with van der Waals surface area (Å²) in [7, 11) is 1.97. The molecule has 0 saturated heterocycles. The predicted molar refractivity (Wildman–Crippen MR) is 73.6 cm³/mol. The number of benzene rings is 1. The lowest BCUT2D eigenvalue weighted by Crippen LogP contribution is -2.35. The molecule has 0 radical (unpaired) electrons. The summed E-state index contributed by atoms with van der Waals surface area (Å²) in [5.74, 6) is 1.42. The maximum atomic E-state index is 10.5. The van der Waals surface area contributed by atoms with Crippen LogP contribution in [0.15, 0.2) is 53.4 Å². The molecular formula is C14H14N4O. The average Bonchev–Trinajstić information content (AvgIpc) is 2.78. The van der Waals surface area contributed by atoms with Crippen molar-refractivity contribution in [1.82, 2.24) is 15.1 Å². The van der Waals surface area contributed by atoms with Gasteiger partial charge in [0.15, 0.2) is 0 Å². The van der Waals surface area contributed by atoms with Crippen molar-refractivity contribution in [3.05, 3.63) is 54.0 Å². The number of carbonyl (C=O) groups excluding carboxylic acids is 1. The van der Waals surface area contributed by atoms with E-state index in [0.29, 0.717) is 18.8 Å². The van der Waals surface area contributed by atoms with Crippen LogP contribution in [-0.4, -0.2) is 35.8 Å². The smallest absolute Gasteiger partial charge is 0.212 e. The van der Waals surface area contributed by atoms with Crippen molar-refractivity contribution in [2.75, 3.05) is 13.6 Å². The van der Waals surface area contributed by atoms with E-state index >= 15 is 0 Å². The second-order valence-electron chi connectivity index (χ2n) is 4.36. The standard InChI is InChI=1S/C14H14N4O/c1-17-12(11-5-3-2-4-6-11)9-18-8-7-13(15-10-19)16-14(17)18/h2-7,9-10H,8H2,1H3,(H,15,19). The number of aliphatic imine (C=N–C) groups is 1. The van der Waals surface area contributed by atoms with Crippen molar-refractivity contribution in [2.45, 2.75) is 0 Å². The van der Waals surface area contributed by atoms with E-state index in [1.165, 1.54) is 0 Å². The van der Waals surface area contributed by atoms with Crippen LogP contribution in [0, 0.1) is 0 Å². The van der Waals surface area contributed by atoms with E-state index in [4.69, 9.17) is 0 Å². The number of rotatable bonds is 3. The molecule has 1 aromatic carbocycles. The second-order valence-corrected chi connectivity index (χ2v) is 4.36.